The average Bonchev–Trinajstić information content (AvgIpc) is 3.32. The number of pyridine rings is 1. The Balaban J connectivity index is 1.58. The predicted molar refractivity (Wildman–Crippen MR) is 112 cm³/mol. The lowest BCUT2D eigenvalue weighted by Crippen LogP contribution is -2.28. The summed E-state index contributed by atoms with van der Waals surface area (Å²) in [5.41, 5.74) is -0.439. The molecule has 0 saturated carbocycles. The lowest BCUT2D eigenvalue weighted by Gasteiger charge is -2.17. The number of hydrogen-bond acceptors (Lipinski definition) is 6. The third kappa shape index (κ3) is 5.04. The van der Waals surface area contributed by atoms with Gasteiger partial charge in [0.05, 0.1) is 33.5 Å². The fraction of sp³-hybridized carbons (Fsp3) is 0.350. The monoisotopic (exact) mass is 503 g/mol. The van der Waals surface area contributed by atoms with E-state index in [1.54, 1.807) is 4.90 Å². The van der Waals surface area contributed by atoms with Gasteiger partial charge in [0.1, 0.15) is 41.6 Å². The minimum Gasteiger partial charge on any atom is -0.384 e. The van der Waals surface area contributed by atoms with Crippen molar-refractivity contribution < 1.29 is 30.8 Å². The summed E-state index contributed by atoms with van der Waals surface area (Å²) in [7, 11) is -3.69. The van der Waals surface area contributed by atoms with Crippen LogP contribution in [0.15, 0.2) is 29.6 Å². The molecule has 0 aliphatic carbocycles. The fourth-order valence-corrected chi connectivity index (χ4v) is 4.15. The molecule has 174 valence electrons. The van der Waals surface area contributed by atoms with Crippen LogP contribution in [0.1, 0.15) is 18.2 Å². The molecular formula is C20H16ClF4N4O3S+. The molecule has 7 nitrogen and oxygen atoms in total. The topological polar surface area (TPSA) is 76.2 Å². The molecule has 1 aromatic heterocycles. The van der Waals surface area contributed by atoms with Crippen molar-refractivity contribution in [1.82, 2.24) is 9.88 Å². The number of nitrogens with zero attached hydrogens (tertiary/aromatic N) is 4. The van der Waals surface area contributed by atoms with Gasteiger partial charge in [-0.3, -0.25) is 4.98 Å². The maximum atomic E-state index is 14.4. The van der Waals surface area contributed by atoms with Crippen LogP contribution < -0.4 is 0 Å². The smallest absolute Gasteiger partial charge is 0.384 e. The Morgan fingerprint density at radius 2 is 1.91 bits per heavy atom. The van der Waals surface area contributed by atoms with Crippen LogP contribution in [0, 0.1) is 29.4 Å². The number of aromatic nitrogens is 1. The van der Waals surface area contributed by atoms with Crippen molar-refractivity contribution in [3.8, 4) is 17.2 Å². The number of oxime groups is 1. The van der Waals surface area contributed by atoms with E-state index in [0.717, 1.165) is 6.26 Å². The summed E-state index contributed by atoms with van der Waals surface area (Å²) < 4.78 is 82.2. The van der Waals surface area contributed by atoms with Gasteiger partial charge in [-0.05, 0) is 6.07 Å². The van der Waals surface area contributed by atoms with Crippen molar-refractivity contribution in [2.75, 3.05) is 19.3 Å². The summed E-state index contributed by atoms with van der Waals surface area (Å²) >= 11 is 5.98. The van der Waals surface area contributed by atoms with Crippen LogP contribution in [0.3, 0.4) is 0 Å². The Bertz CT molecular complexity index is 1290. The molecule has 2 aromatic rings. The number of alkyl halides is 1. The highest BCUT2D eigenvalue weighted by Crippen LogP contribution is 2.38. The Hall–Kier alpha value is -2.91. The van der Waals surface area contributed by atoms with Crippen molar-refractivity contribution >= 4 is 27.5 Å². The van der Waals surface area contributed by atoms with E-state index in [1.165, 1.54) is 12.3 Å². The Labute approximate surface area is 191 Å². The van der Waals surface area contributed by atoms with E-state index >= 15 is 0 Å². The van der Waals surface area contributed by atoms with Gasteiger partial charge in [0.2, 0.25) is 0 Å². The maximum absolute atomic E-state index is 14.4. The lowest BCUT2D eigenvalue weighted by atomic mass is 9.98. The van der Waals surface area contributed by atoms with Crippen LogP contribution in [0.4, 0.5) is 17.6 Å². The first-order valence-electron chi connectivity index (χ1n) is 9.61. The maximum Gasteiger partial charge on any atom is 0.476 e. The molecule has 0 N–H and O–H groups in total. The summed E-state index contributed by atoms with van der Waals surface area (Å²) in [6, 6.07) is 4.67. The molecule has 4 rings (SSSR count). The molecule has 2 aliphatic rings. The molecule has 3 heterocycles. The van der Waals surface area contributed by atoms with Gasteiger partial charge in [0.15, 0.2) is 6.10 Å². The van der Waals surface area contributed by atoms with Gasteiger partial charge in [-0.15, -0.1) is 8.42 Å². The van der Waals surface area contributed by atoms with E-state index in [1.807, 2.05) is 0 Å². The molecule has 1 fully saturated rings. The van der Waals surface area contributed by atoms with E-state index in [9.17, 15) is 26.0 Å². The molecule has 1 aromatic carbocycles. The molecule has 0 radical (unpaired) electrons. The highest BCUT2D eigenvalue weighted by molar-refractivity contribution is 7.92. The van der Waals surface area contributed by atoms with E-state index in [0.29, 0.717) is 18.0 Å². The van der Waals surface area contributed by atoms with Crippen LogP contribution in [0.5, 0.6) is 0 Å². The van der Waals surface area contributed by atoms with E-state index in [2.05, 4.69) is 20.5 Å². The molecule has 2 unspecified atom stereocenters. The first kappa shape index (κ1) is 23.3. The van der Waals surface area contributed by atoms with E-state index < -0.39 is 51.2 Å². The summed E-state index contributed by atoms with van der Waals surface area (Å²) in [6.45, 7) is -0.0226. The highest BCUT2D eigenvalue weighted by atomic mass is 35.5. The second kappa shape index (κ2) is 8.79. The second-order valence-corrected chi connectivity index (χ2v) is 9.70. The van der Waals surface area contributed by atoms with Gasteiger partial charge in [-0.1, -0.05) is 16.8 Å². The molecule has 13 heteroatoms. The fourth-order valence-electron chi connectivity index (χ4n) is 3.66. The van der Waals surface area contributed by atoms with Crippen LogP contribution in [-0.2, 0) is 14.9 Å². The number of sulfonamides is 1. The van der Waals surface area contributed by atoms with Gasteiger partial charge < -0.3 is 9.74 Å². The molecule has 1 saturated heterocycles. The second-order valence-electron chi connectivity index (χ2n) is 7.62. The standard InChI is InChI=1S/C20H16ClF4N4O3S/c1-33(30,31)27-6-10-8-29(9-16(10)25)18-5-17(32-28-18)20-13(2-11(21)7-26-20)19-14(23)3-12(22)4-15(19)24/h2-4,7,10,16-17H,5,8-9H2,1H3/q+1/t10?,16-,17?/m0/s1. The van der Waals surface area contributed by atoms with Crippen LogP contribution in [0.2, 0.25) is 5.02 Å². The summed E-state index contributed by atoms with van der Waals surface area (Å²) in [5.74, 6) is -3.89. The first-order chi connectivity index (χ1) is 15.5. The first-order valence-corrected chi connectivity index (χ1v) is 11.8. The lowest BCUT2D eigenvalue weighted by molar-refractivity contribution is 0.0828. The number of benzene rings is 1. The van der Waals surface area contributed by atoms with E-state index in [-0.39, 0.29) is 35.8 Å². The highest BCUT2D eigenvalue weighted by Gasteiger charge is 2.41. The molecule has 0 bridgehead atoms. The number of hydrogen-bond donors (Lipinski definition) is 0. The minimum absolute atomic E-state index is 0.0322. The Kier molecular flexibility index (Phi) is 6.20. The summed E-state index contributed by atoms with van der Waals surface area (Å²) in [6.07, 6.45) is -0.0653. The largest absolute Gasteiger partial charge is 0.476 e. The average molecular weight is 504 g/mol. The number of amidine groups is 1. The molecule has 2 aliphatic heterocycles. The molecule has 33 heavy (non-hydrogen) atoms. The SMILES string of the molecule is CS(=O)(=O)[N+]#CC1CN(C2=NOC(c3ncc(Cl)cc3-c3c(F)cc(F)cc3F)C2)C[C@@H]1F. The van der Waals surface area contributed by atoms with Crippen molar-refractivity contribution in [1.29, 1.82) is 0 Å². The molecule has 0 spiro atoms. The Morgan fingerprint density at radius 1 is 1.21 bits per heavy atom. The van der Waals surface area contributed by atoms with Gasteiger partial charge in [0.25, 0.3) is 0 Å². The normalized spacial score (nSPS) is 22.5. The van der Waals surface area contributed by atoms with Crippen molar-refractivity contribution in [3.05, 3.63) is 56.8 Å². The van der Waals surface area contributed by atoms with Gasteiger partial charge in [-0.25, -0.2) is 17.6 Å². The van der Waals surface area contributed by atoms with Crippen molar-refractivity contribution in [2.45, 2.75) is 18.7 Å². The number of rotatable bonds is 2. The van der Waals surface area contributed by atoms with Crippen LogP contribution >= 0.6 is 11.6 Å². The summed E-state index contributed by atoms with van der Waals surface area (Å²) in [5, 5.41) is 4.04. The zero-order chi connectivity index (χ0) is 23.9. The number of halogens is 5. The molecular weight excluding hydrogens is 488 g/mol. The zero-order valence-electron chi connectivity index (χ0n) is 17.0. The van der Waals surface area contributed by atoms with Crippen molar-refractivity contribution in [3.63, 3.8) is 0 Å². The third-order valence-electron chi connectivity index (χ3n) is 5.12. The van der Waals surface area contributed by atoms with Crippen LogP contribution in [-0.4, -0.2) is 49.7 Å². The quantitative estimate of drug-likeness (QED) is 0.575. The van der Waals surface area contributed by atoms with Gasteiger partial charge >= 0.3 is 16.1 Å². The zero-order valence-corrected chi connectivity index (χ0v) is 18.5. The van der Waals surface area contributed by atoms with E-state index in [4.69, 9.17) is 16.4 Å². The molecule has 0 amide bonds. The predicted octanol–water partition coefficient (Wildman–Crippen LogP) is 4.16. The molecule has 3 atom stereocenters. The van der Waals surface area contributed by atoms with Gasteiger partial charge in [0, 0.05) is 30.4 Å². The summed E-state index contributed by atoms with van der Waals surface area (Å²) in [4.78, 5) is 11.1. The van der Waals surface area contributed by atoms with Crippen molar-refractivity contribution in [2.24, 2.45) is 11.1 Å². The number of likely N-dealkylation sites (tertiary alicyclic amines) is 1. The van der Waals surface area contributed by atoms with Crippen LogP contribution in [0.25, 0.3) is 15.4 Å². The third-order valence-corrected chi connectivity index (χ3v) is 5.76. The Morgan fingerprint density at radius 3 is 2.58 bits per heavy atom. The minimum atomic E-state index is -3.69. The van der Waals surface area contributed by atoms with Gasteiger partial charge in [-0.2, -0.15) is 0 Å².